The quantitative estimate of drug-likeness (QED) is 0.599. The van der Waals surface area contributed by atoms with Crippen LogP contribution >= 0.6 is 11.6 Å². The molecule has 1 amide bonds. The van der Waals surface area contributed by atoms with Crippen LogP contribution in [0.3, 0.4) is 0 Å². The number of likely N-dealkylation sites (N-methyl/N-ethyl adjacent to an activating group) is 1. The van der Waals surface area contributed by atoms with Gasteiger partial charge < -0.3 is 20.3 Å². The summed E-state index contributed by atoms with van der Waals surface area (Å²) in [5, 5.41) is 7.85. The molecule has 0 radical (unpaired) electrons. The molecular formula is C29H39ClN4O2. The predicted octanol–water partition coefficient (Wildman–Crippen LogP) is 3.22. The van der Waals surface area contributed by atoms with Crippen LogP contribution in [0.5, 0.6) is 0 Å². The van der Waals surface area contributed by atoms with Crippen LogP contribution in [0.2, 0.25) is 5.02 Å². The molecule has 3 aliphatic heterocycles. The van der Waals surface area contributed by atoms with Crippen molar-refractivity contribution in [2.75, 3.05) is 46.9 Å². The second-order valence-electron chi connectivity index (χ2n) is 10.7. The molecule has 0 unspecified atom stereocenters. The van der Waals surface area contributed by atoms with Gasteiger partial charge in [-0.1, -0.05) is 48.0 Å². The van der Waals surface area contributed by atoms with Gasteiger partial charge in [0.2, 0.25) is 5.91 Å². The van der Waals surface area contributed by atoms with E-state index in [2.05, 4.69) is 51.7 Å². The largest absolute Gasteiger partial charge is 0.380 e. The summed E-state index contributed by atoms with van der Waals surface area (Å²) in [5.41, 5.74) is 4.08. The average molecular weight is 511 g/mol. The van der Waals surface area contributed by atoms with Gasteiger partial charge in [0.25, 0.3) is 0 Å². The molecular weight excluding hydrogens is 472 g/mol. The third-order valence-electron chi connectivity index (χ3n) is 8.65. The zero-order valence-electron chi connectivity index (χ0n) is 21.5. The first-order chi connectivity index (χ1) is 17.5. The molecule has 3 atom stereocenters. The lowest BCUT2D eigenvalue weighted by molar-refractivity contribution is -0.136. The van der Waals surface area contributed by atoms with Crippen molar-refractivity contribution >= 4 is 17.5 Å². The van der Waals surface area contributed by atoms with E-state index in [0.717, 1.165) is 64.0 Å². The molecule has 7 heteroatoms. The number of rotatable bonds is 7. The molecule has 36 heavy (non-hydrogen) atoms. The first kappa shape index (κ1) is 25.7. The molecule has 2 N–H and O–H groups in total. The molecule has 2 saturated heterocycles. The summed E-state index contributed by atoms with van der Waals surface area (Å²) in [6, 6.07) is 16.8. The SMILES string of the molecule is CO[C@H]1CN[C@@H](CN[C@H](Cc2ccc(Cl)cc2)C(=O)N2CCC3(CC2)c2ccccc2CCN3C)C1. The summed E-state index contributed by atoms with van der Waals surface area (Å²) in [6.07, 6.45) is 4.91. The van der Waals surface area contributed by atoms with Crippen molar-refractivity contribution in [1.29, 1.82) is 0 Å². The highest BCUT2D eigenvalue weighted by Gasteiger charge is 2.44. The molecule has 3 heterocycles. The maximum Gasteiger partial charge on any atom is 0.240 e. The lowest BCUT2D eigenvalue weighted by Crippen LogP contribution is -2.58. The van der Waals surface area contributed by atoms with Crippen LogP contribution in [-0.4, -0.2) is 80.8 Å². The summed E-state index contributed by atoms with van der Waals surface area (Å²) in [7, 11) is 4.01. The zero-order valence-corrected chi connectivity index (χ0v) is 22.3. The Labute approximate surface area is 220 Å². The van der Waals surface area contributed by atoms with Gasteiger partial charge in [0.05, 0.1) is 12.1 Å². The monoisotopic (exact) mass is 510 g/mol. The fraction of sp³-hybridized carbons (Fsp3) is 0.552. The van der Waals surface area contributed by atoms with Crippen molar-refractivity contribution in [2.24, 2.45) is 0 Å². The van der Waals surface area contributed by atoms with E-state index in [1.165, 1.54) is 11.1 Å². The summed E-state index contributed by atoms with van der Waals surface area (Å²) in [4.78, 5) is 18.5. The van der Waals surface area contributed by atoms with Crippen LogP contribution in [0.4, 0.5) is 0 Å². The standard InChI is InChI=1S/C29H39ClN4O2/c1-33-14-11-22-5-3-4-6-26(22)29(33)12-15-34(16-13-29)28(35)27(17-21-7-9-23(30)10-8-21)32-19-24-18-25(36-2)20-31-24/h3-10,24-25,27,31-32H,11-20H2,1-2H3/t24-,25-,27-/m1/s1. The van der Waals surface area contributed by atoms with Crippen LogP contribution in [0.1, 0.15) is 36.0 Å². The Morgan fingerprint density at radius 2 is 1.92 bits per heavy atom. The van der Waals surface area contributed by atoms with Gasteiger partial charge in [0.15, 0.2) is 0 Å². The van der Waals surface area contributed by atoms with Gasteiger partial charge in [-0.15, -0.1) is 0 Å². The number of ether oxygens (including phenoxy) is 1. The van der Waals surface area contributed by atoms with Crippen LogP contribution < -0.4 is 10.6 Å². The number of methoxy groups -OCH3 is 1. The van der Waals surface area contributed by atoms with E-state index in [4.69, 9.17) is 16.3 Å². The Hall–Kier alpha value is -1.96. The van der Waals surface area contributed by atoms with Crippen molar-refractivity contribution in [3.63, 3.8) is 0 Å². The third kappa shape index (κ3) is 5.34. The maximum atomic E-state index is 13.9. The molecule has 2 aromatic rings. The number of benzene rings is 2. The van der Waals surface area contributed by atoms with E-state index in [-0.39, 0.29) is 23.6 Å². The number of fused-ring (bicyclic) bond motifs is 2. The molecule has 0 aliphatic carbocycles. The van der Waals surface area contributed by atoms with Gasteiger partial charge >= 0.3 is 0 Å². The predicted molar refractivity (Wildman–Crippen MR) is 144 cm³/mol. The van der Waals surface area contributed by atoms with Gasteiger partial charge in [-0.25, -0.2) is 0 Å². The molecule has 2 fully saturated rings. The second kappa shape index (κ2) is 11.2. The number of carbonyl (C=O) groups is 1. The Kier molecular flexibility index (Phi) is 7.99. The van der Waals surface area contributed by atoms with Crippen molar-refractivity contribution in [3.8, 4) is 0 Å². The summed E-state index contributed by atoms with van der Waals surface area (Å²) >= 11 is 6.11. The first-order valence-corrected chi connectivity index (χ1v) is 13.7. The van der Waals surface area contributed by atoms with Crippen LogP contribution in [0.25, 0.3) is 0 Å². The summed E-state index contributed by atoms with van der Waals surface area (Å²) in [6.45, 7) is 4.25. The Bertz CT molecular complexity index is 1040. The number of nitrogens with one attached hydrogen (secondary N) is 2. The maximum absolute atomic E-state index is 13.9. The van der Waals surface area contributed by atoms with Crippen molar-refractivity contribution in [3.05, 3.63) is 70.2 Å². The van der Waals surface area contributed by atoms with E-state index < -0.39 is 0 Å². The van der Waals surface area contributed by atoms with E-state index in [0.29, 0.717) is 17.5 Å². The molecule has 5 rings (SSSR count). The highest BCUT2D eigenvalue weighted by molar-refractivity contribution is 6.30. The third-order valence-corrected chi connectivity index (χ3v) is 8.90. The normalized spacial score (nSPS) is 24.6. The highest BCUT2D eigenvalue weighted by Crippen LogP contribution is 2.42. The number of piperidine rings is 1. The summed E-state index contributed by atoms with van der Waals surface area (Å²) < 4.78 is 5.50. The Balaban J connectivity index is 1.28. The molecule has 0 aromatic heterocycles. The fourth-order valence-corrected chi connectivity index (χ4v) is 6.50. The van der Waals surface area contributed by atoms with Crippen LogP contribution in [0, 0.1) is 0 Å². The molecule has 6 nitrogen and oxygen atoms in total. The number of hydrogen-bond acceptors (Lipinski definition) is 5. The van der Waals surface area contributed by atoms with Gasteiger partial charge in [-0.05, 0) is 68.0 Å². The molecule has 3 aliphatic rings. The molecule has 0 saturated carbocycles. The first-order valence-electron chi connectivity index (χ1n) is 13.3. The lowest BCUT2D eigenvalue weighted by atomic mass is 9.74. The number of hydrogen-bond donors (Lipinski definition) is 2. The van der Waals surface area contributed by atoms with Gasteiger partial charge in [-0.2, -0.15) is 0 Å². The second-order valence-corrected chi connectivity index (χ2v) is 11.1. The minimum absolute atomic E-state index is 0.0354. The van der Waals surface area contributed by atoms with E-state index in [1.807, 2.05) is 24.3 Å². The molecule has 1 spiro atoms. The smallest absolute Gasteiger partial charge is 0.240 e. The van der Waals surface area contributed by atoms with Gasteiger partial charge in [0.1, 0.15) is 0 Å². The van der Waals surface area contributed by atoms with E-state index >= 15 is 0 Å². The average Bonchev–Trinajstić information content (AvgIpc) is 3.38. The number of amides is 1. The van der Waals surface area contributed by atoms with Crippen molar-refractivity contribution in [1.82, 2.24) is 20.4 Å². The topological polar surface area (TPSA) is 56.8 Å². The van der Waals surface area contributed by atoms with Crippen molar-refractivity contribution < 1.29 is 9.53 Å². The molecule has 2 aromatic carbocycles. The van der Waals surface area contributed by atoms with Gasteiger partial charge in [-0.3, -0.25) is 9.69 Å². The van der Waals surface area contributed by atoms with Gasteiger partial charge in [0, 0.05) is 56.4 Å². The zero-order chi connectivity index (χ0) is 25.1. The minimum Gasteiger partial charge on any atom is -0.380 e. The number of carbonyl (C=O) groups excluding carboxylic acids is 1. The highest BCUT2D eigenvalue weighted by atomic mass is 35.5. The Morgan fingerprint density at radius 3 is 2.64 bits per heavy atom. The number of halogens is 1. The number of likely N-dealkylation sites (tertiary alicyclic amines) is 1. The van der Waals surface area contributed by atoms with E-state index in [9.17, 15) is 4.79 Å². The number of nitrogens with zero attached hydrogens (tertiary/aromatic N) is 2. The van der Waals surface area contributed by atoms with Crippen LogP contribution in [-0.2, 0) is 27.9 Å². The van der Waals surface area contributed by atoms with Crippen molar-refractivity contribution in [2.45, 2.75) is 55.8 Å². The van der Waals surface area contributed by atoms with Crippen LogP contribution in [0.15, 0.2) is 48.5 Å². The molecule has 194 valence electrons. The summed E-state index contributed by atoms with van der Waals surface area (Å²) in [5.74, 6) is 0.202. The lowest BCUT2D eigenvalue weighted by Gasteiger charge is -2.51. The Morgan fingerprint density at radius 1 is 1.17 bits per heavy atom. The minimum atomic E-state index is -0.264. The molecule has 0 bridgehead atoms. The van der Waals surface area contributed by atoms with E-state index in [1.54, 1.807) is 7.11 Å². The fourth-order valence-electron chi connectivity index (χ4n) is 6.37.